The van der Waals surface area contributed by atoms with E-state index in [1.165, 1.54) is 5.56 Å². The molecule has 9 heteroatoms. The Labute approximate surface area is 231 Å². The summed E-state index contributed by atoms with van der Waals surface area (Å²) in [5.74, 6) is 1.39. The van der Waals surface area contributed by atoms with Gasteiger partial charge in [0.25, 0.3) is 0 Å². The number of halogens is 1. The molecule has 8 nitrogen and oxygen atoms in total. The van der Waals surface area contributed by atoms with Gasteiger partial charge in [-0.05, 0) is 66.9 Å². The monoisotopic (exact) mass is 534 g/mol. The molecule has 0 spiro atoms. The first-order valence-electron chi connectivity index (χ1n) is 12.9. The van der Waals surface area contributed by atoms with Crippen molar-refractivity contribution >= 4 is 34.1 Å². The quantitative estimate of drug-likeness (QED) is 0.289. The smallest absolute Gasteiger partial charge is 0.234 e. The number of nitriles is 1. The molecule has 0 atom stereocenters. The summed E-state index contributed by atoms with van der Waals surface area (Å²) in [6, 6.07) is 24.8. The van der Waals surface area contributed by atoms with Crippen molar-refractivity contribution in [3.8, 4) is 23.0 Å². The molecule has 6 rings (SSSR count). The molecular formula is C30H27ClN8. The number of likely N-dealkylation sites (tertiary alicyclic amines) is 1. The van der Waals surface area contributed by atoms with Crippen LogP contribution in [0.15, 0.2) is 79.1 Å². The third-order valence-electron chi connectivity index (χ3n) is 7.18. The summed E-state index contributed by atoms with van der Waals surface area (Å²) in [5.41, 5.74) is 11.5. The number of nitrogens with two attached hydrogens (primary N) is 1. The SMILES string of the molecule is N#Cc1nccc(NC2CCN(Cc3ccc(-n4c(-c5cccnc5N)cc5ccc(Cl)cc54)cc3)CC2)n1. The maximum atomic E-state index is 9.02. The largest absolute Gasteiger partial charge is 0.383 e. The van der Waals surface area contributed by atoms with Crippen molar-refractivity contribution in [1.29, 1.82) is 5.26 Å². The van der Waals surface area contributed by atoms with E-state index in [4.69, 9.17) is 22.6 Å². The van der Waals surface area contributed by atoms with E-state index in [1.54, 1.807) is 12.4 Å². The van der Waals surface area contributed by atoms with Crippen LogP contribution in [0.3, 0.4) is 0 Å². The Morgan fingerprint density at radius 1 is 1.00 bits per heavy atom. The summed E-state index contributed by atoms with van der Waals surface area (Å²) in [7, 11) is 0. The Kier molecular flexibility index (Phi) is 6.84. The van der Waals surface area contributed by atoms with Crippen LogP contribution in [0.1, 0.15) is 24.2 Å². The van der Waals surface area contributed by atoms with Gasteiger partial charge in [0.05, 0.1) is 11.2 Å². The zero-order valence-corrected chi connectivity index (χ0v) is 22.0. The molecule has 194 valence electrons. The Balaban J connectivity index is 1.18. The molecule has 39 heavy (non-hydrogen) atoms. The van der Waals surface area contributed by atoms with Crippen molar-refractivity contribution in [2.75, 3.05) is 24.1 Å². The number of hydrogen-bond acceptors (Lipinski definition) is 7. The molecule has 0 amide bonds. The molecule has 4 heterocycles. The number of rotatable bonds is 6. The van der Waals surface area contributed by atoms with Gasteiger partial charge in [-0.15, -0.1) is 0 Å². The highest BCUT2D eigenvalue weighted by Crippen LogP contribution is 2.35. The molecule has 3 aromatic heterocycles. The minimum Gasteiger partial charge on any atom is -0.383 e. The van der Waals surface area contributed by atoms with Crippen LogP contribution in [-0.4, -0.2) is 43.6 Å². The predicted molar refractivity (Wildman–Crippen MR) is 155 cm³/mol. The van der Waals surface area contributed by atoms with Crippen LogP contribution in [-0.2, 0) is 6.54 Å². The minimum atomic E-state index is 0.188. The summed E-state index contributed by atoms with van der Waals surface area (Å²) < 4.78 is 2.19. The number of nitrogens with zero attached hydrogens (tertiary/aromatic N) is 6. The first kappa shape index (κ1) is 24.9. The van der Waals surface area contributed by atoms with Gasteiger partial charge < -0.3 is 15.6 Å². The molecule has 1 saturated heterocycles. The fourth-order valence-corrected chi connectivity index (χ4v) is 5.40. The Hall–Kier alpha value is -4.45. The molecule has 2 aromatic carbocycles. The van der Waals surface area contributed by atoms with Crippen molar-refractivity contribution in [1.82, 2.24) is 24.4 Å². The molecule has 1 aliphatic heterocycles. The van der Waals surface area contributed by atoms with Crippen LogP contribution in [0, 0.1) is 11.3 Å². The molecule has 0 saturated carbocycles. The third kappa shape index (κ3) is 5.28. The maximum absolute atomic E-state index is 9.02. The third-order valence-corrected chi connectivity index (χ3v) is 7.41. The first-order chi connectivity index (χ1) is 19.1. The van der Waals surface area contributed by atoms with Crippen LogP contribution in [0.25, 0.3) is 27.8 Å². The summed E-state index contributed by atoms with van der Waals surface area (Å²) in [6.07, 6.45) is 5.34. The maximum Gasteiger partial charge on any atom is 0.234 e. The van der Waals surface area contributed by atoms with E-state index in [0.717, 1.165) is 60.3 Å². The number of anilines is 2. The van der Waals surface area contributed by atoms with Crippen molar-refractivity contribution in [2.45, 2.75) is 25.4 Å². The molecule has 1 aliphatic rings. The van der Waals surface area contributed by atoms with Crippen molar-refractivity contribution in [2.24, 2.45) is 0 Å². The number of aromatic nitrogens is 4. The molecule has 5 aromatic rings. The number of nitrogen functional groups attached to an aromatic ring is 1. The predicted octanol–water partition coefficient (Wildman–Crippen LogP) is 5.67. The van der Waals surface area contributed by atoms with Gasteiger partial charge in [-0.25, -0.2) is 15.0 Å². The molecular weight excluding hydrogens is 508 g/mol. The van der Waals surface area contributed by atoms with Crippen LogP contribution in [0.4, 0.5) is 11.6 Å². The van der Waals surface area contributed by atoms with E-state index in [0.29, 0.717) is 22.7 Å². The van der Waals surface area contributed by atoms with Crippen molar-refractivity contribution < 1.29 is 0 Å². The number of fused-ring (bicyclic) bond motifs is 1. The van der Waals surface area contributed by atoms with Crippen LogP contribution < -0.4 is 11.1 Å². The average molecular weight is 535 g/mol. The number of benzene rings is 2. The van der Waals surface area contributed by atoms with Crippen LogP contribution in [0.2, 0.25) is 5.02 Å². The summed E-state index contributed by atoms with van der Waals surface area (Å²) in [4.78, 5) is 15.0. The molecule has 0 aliphatic carbocycles. The lowest BCUT2D eigenvalue weighted by atomic mass is 10.0. The normalized spacial score (nSPS) is 14.4. The van der Waals surface area contributed by atoms with Crippen molar-refractivity contribution in [3.05, 3.63) is 95.5 Å². The van der Waals surface area contributed by atoms with Gasteiger partial charge in [0.1, 0.15) is 17.7 Å². The zero-order valence-electron chi connectivity index (χ0n) is 21.3. The molecule has 3 N–H and O–H groups in total. The van der Waals surface area contributed by atoms with Crippen LogP contribution >= 0.6 is 11.6 Å². The van der Waals surface area contributed by atoms with E-state index in [-0.39, 0.29) is 5.82 Å². The molecule has 1 fully saturated rings. The standard InChI is InChI=1S/C30H27ClN8/c31-22-6-5-21-16-27(25-2-1-12-35-30(25)33)39(26(21)17-22)24-7-3-20(4-8-24)19-38-14-10-23(11-15-38)36-28-9-13-34-29(18-32)37-28/h1-9,12-13,16-17,23H,10-11,14-15,19H2,(H2,33,35)(H,34,36,37). The summed E-state index contributed by atoms with van der Waals surface area (Å²) in [5, 5.41) is 14.2. The zero-order chi connectivity index (χ0) is 26.8. The van der Waals surface area contributed by atoms with Gasteiger partial charge in [-0.3, -0.25) is 4.90 Å². The number of nitrogens with one attached hydrogen (secondary N) is 1. The van der Waals surface area contributed by atoms with Crippen LogP contribution in [0.5, 0.6) is 0 Å². The second-order valence-electron chi connectivity index (χ2n) is 9.74. The fourth-order valence-electron chi connectivity index (χ4n) is 5.23. The lowest BCUT2D eigenvalue weighted by Crippen LogP contribution is -2.38. The fraction of sp³-hybridized carbons (Fsp3) is 0.200. The second kappa shape index (κ2) is 10.7. The van der Waals surface area contributed by atoms with Gasteiger partial charge in [-0.2, -0.15) is 5.26 Å². The molecule has 0 radical (unpaired) electrons. The van der Waals surface area contributed by atoms with Gasteiger partial charge in [-0.1, -0.05) is 29.8 Å². The second-order valence-corrected chi connectivity index (χ2v) is 10.2. The Morgan fingerprint density at radius 3 is 2.59 bits per heavy atom. The van der Waals surface area contributed by atoms with Gasteiger partial charge in [0.15, 0.2) is 0 Å². The van der Waals surface area contributed by atoms with E-state index in [9.17, 15) is 0 Å². The average Bonchev–Trinajstić information content (AvgIpc) is 3.33. The van der Waals surface area contributed by atoms with Crippen molar-refractivity contribution in [3.63, 3.8) is 0 Å². The number of hydrogen-bond donors (Lipinski definition) is 2. The van der Waals surface area contributed by atoms with Gasteiger partial charge in [0.2, 0.25) is 5.82 Å². The number of pyridine rings is 1. The summed E-state index contributed by atoms with van der Waals surface area (Å²) >= 11 is 6.39. The Bertz CT molecular complexity index is 1660. The summed E-state index contributed by atoms with van der Waals surface area (Å²) in [6.45, 7) is 2.86. The highest BCUT2D eigenvalue weighted by atomic mass is 35.5. The van der Waals surface area contributed by atoms with E-state index in [2.05, 4.69) is 60.1 Å². The van der Waals surface area contributed by atoms with E-state index < -0.39 is 0 Å². The van der Waals surface area contributed by atoms with E-state index in [1.807, 2.05) is 42.5 Å². The van der Waals surface area contributed by atoms with E-state index >= 15 is 0 Å². The molecule has 0 bridgehead atoms. The first-order valence-corrected chi connectivity index (χ1v) is 13.3. The van der Waals surface area contributed by atoms with Gasteiger partial charge >= 0.3 is 0 Å². The highest BCUT2D eigenvalue weighted by Gasteiger charge is 2.20. The highest BCUT2D eigenvalue weighted by molar-refractivity contribution is 6.31. The Morgan fingerprint density at radius 2 is 1.82 bits per heavy atom. The topological polar surface area (TPSA) is 109 Å². The lowest BCUT2D eigenvalue weighted by molar-refractivity contribution is 0.211. The lowest BCUT2D eigenvalue weighted by Gasteiger charge is -2.32. The molecule has 0 unspecified atom stereocenters. The number of piperidine rings is 1. The van der Waals surface area contributed by atoms with Gasteiger partial charge in [0, 0.05) is 59.7 Å². The minimum absolute atomic E-state index is 0.188.